The van der Waals surface area contributed by atoms with Gasteiger partial charge in [0.1, 0.15) is 17.8 Å². The van der Waals surface area contributed by atoms with Crippen LogP contribution in [0.25, 0.3) is 0 Å². The van der Waals surface area contributed by atoms with Gasteiger partial charge in [-0.2, -0.15) is 0 Å². The maximum Gasteiger partial charge on any atom is 0.408 e. The first-order chi connectivity index (χ1) is 16.3. The molecular formula is C23H33N4O8-. The highest BCUT2D eigenvalue weighted by molar-refractivity contribution is 5.76. The molecule has 0 spiro atoms. The Bertz CT molecular complexity index is 977. The van der Waals surface area contributed by atoms with Gasteiger partial charge in [0.25, 0.3) is 0 Å². The fourth-order valence-corrected chi connectivity index (χ4v) is 4.71. The third-order valence-corrected chi connectivity index (χ3v) is 5.84. The number of aromatic nitrogens is 1. The van der Waals surface area contributed by atoms with Crippen LogP contribution in [-0.2, 0) is 30.2 Å². The van der Waals surface area contributed by atoms with Gasteiger partial charge in [0.05, 0.1) is 29.3 Å². The summed E-state index contributed by atoms with van der Waals surface area (Å²) in [6.45, 7) is 10.2. The van der Waals surface area contributed by atoms with E-state index < -0.39 is 41.9 Å². The number of anilines is 2. The number of nitrogens with zero attached hydrogens (tertiary/aromatic N) is 3. The number of fused-ring (bicyclic) bond motifs is 1. The van der Waals surface area contributed by atoms with Gasteiger partial charge in [0, 0.05) is 38.4 Å². The fourth-order valence-electron chi connectivity index (χ4n) is 4.71. The van der Waals surface area contributed by atoms with E-state index >= 15 is 0 Å². The number of carbonyl (C=O) groups is 3. The number of amides is 1. The number of rotatable bonds is 5. The van der Waals surface area contributed by atoms with Crippen LogP contribution in [-0.4, -0.2) is 59.1 Å². The van der Waals surface area contributed by atoms with Gasteiger partial charge in [-0.05, 0) is 33.6 Å². The fraction of sp³-hybridized carbons (Fsp3) is 0.652. The summed E-state index contributed by atoms with van der Waals surface area (Å²) < 4.78 is 16.3. The lowest BCUT2D eigenvalue weighted by molar-refractivity contribution is -0.151. The second kappa shape index (κ2) is 10.2. The zero-order chi connectivity index (χ0) is 26.1. The summed E-state index contributed by atoms with van der Waals surface area (Å²) in [6, 6.07) is -0.668. The quantitative estimate of drug-likeness (QED) is 0.353. The summed E-state index contributed by atoms with van der Waals surface area (Å²) in [5, 5.41) is 24.4. The van der Waals surface area contributed by atoms with Crippen molar-refractivity contribution in [3.63, 3.8) is 0 Å². The number of hydrogen-bond donors (Lipinski definition) is 2. The minimum atomic E-state index is -0.730. The number of ether oxygens (including phenoxy) is 3. The molecule has 0 saturated carbocycles. The third kappa shape index (κ3) is 6.31. The van der Waals surface area contributed by atoms with Crippen LogP contribution in [0.1, 0.15) is 65.3 Å². The van der Waals surface area contributed by atoms with Crippen LogP contribution in [0.15, 0.2) is 6.20 Å². The highest BCUT2D eigenvalue weighted by Gasteiger charge is 2.41. The van der Waals surface area contributed by atoms with E-state index in [0.717, 1.165) is 0 Å². The van der Waals surface area contributed by atoms with Crippen LogP contribution >= 0.6 is 0 Å². The van der Waals surface area contributed by atoms with E-state index in [1.807, 2.05) is 11.8 Å². The largest absolute Gasteiger partial charge is 0.733 e. The molecule has 0 radical (unpaired) electrons. The van der Waals surface area contributed by atoms with Crippen LogP contribution in [0.5, 0.6) is 0 Å². The Morgan fingerprint density at radius 3 is 2.43 bits per heavy atom. The second-order valence-corrected chi connectivity index (χ2v) is 9.97. The summed E-state index contributed by atoms with van der Waals surface area (Å²) in [4.78, 5) is 42.0. The minimum Gasteiger partial charge on any atom is -0.733 e. The molecule has 1 aliphatic carbocycles. The van der Waals surface area contributed by atoms with Crippen molar-refractivity contribution >= 4 is 29.4 Å². The maximum absolute atomic E-state index is 12.6. The Morgan fingerprint density at radius 1 is 1.20 bits per heavy atom. The zero-order valence-electron chi connectivity index (χ0n) is 20.9. The molecule has 4 atom stereocenters. The van der Waals surface area contributed by atoms with E-state index in [1.165, 1.54) is 20.0 Å². The smallest absolute Gasteiger partial charge is 0.408 e. The van der Waals surface area contributed by atoms with E-state index in [0.29, 0.717) is 36.3 Å². The molecule has 12 heteroatoms. The van der Waals surface area contributed by atoms with Crippen molar-refractivity contribution < 1.29 is 33.8 Å². The Labute approximate surface area is 204 Å². The lowest BCUT2D eigenvalue weighted by atomic mass is 9.91. The average molecular weight is 494 g/mol. The van der Waals surface area contributed by atoms with Crippen LogP contribution in [0, 0.1) is 11.1 Å². The second-order valence-electron chi connectivity index (χ2n) is 9.97. The number of nitrogens with one attached hydrogen (secondary N) is 1. The van der Waals surface area contributed by atoms with Crippen molar-refractivity contribution in [3.05, 3.63) is 22.7 Å². The van der Waals surface area contributed by atoms with Crippen molar-refractivity contribution in [3.8, 4) is 0 Å². The molecule has 1 aliphatic heterocycles. The monoisotopic (exact) mass is 493 g/mol. The van der Waals surface area contributed by atoms with E-state index in [9.17, 15) is 24.8 Å². The third-order valence-electron chi connectivity index (χ3n) is 5.84. The normalized spacial score (nSPS) is 23.8. The summed E-state index contributed by atoms with van der Waals surface area (Å²) in [5.74, 6) is -1.18. The molecule has 1 amide bonds. The molecule has 2 aliphatic rings. The lowest BCUT2D eigenvalue weighted by Gasteiger charge is -2.44. The number of carbonyl (C=O) groups excluding carboxylic acids is 3. The Morgan fingerprint density at radius 2 is 1.86 bits per heavy atom. The summed E-state index contributed by atoms with van der Waals surface area (Å²) in [7, 11) is 0. The van der Waals surface area contributed by atoms with E-state index in [1.54, 1.807) is 20.8 Å². The van der Waals surface area contributed by atoms with Gasteiger partial charge in [-0.15, -0.1) is 0 Å². The molecule has 1 aromatic rings. The molecule has 0 aromatic carbocycles. The predicted octanol–water partition coefficient (Wildman–Crippen LogP) is 2.61. The summed E-state index contributed by atoms with van der Waals surface area (Å²) in [6.07, 6.45) is 0.335. The van der Waals surface area contributed by atoms with E-state index in [-0.39, 0.29) is 23.4 Å². The molecule has 1 fully saturated rings. The molecule has 1 saturated heterocycles. The first-order valence-electron chi connectivity index (χ1n) is 11.5. The average Bonchev–Trinajstić information content (AvgIpc) is 3.10. The standard InChI is InChI=1S/C23H33N4O8/c1-12-10-26(11-16(21(12)34-14(3)29)25-22(30)35-23(4,5)6)20-15-7-8-18(33-13(2)28)19(15)24-9-17(20)27(31)32/h9,12,16,18,21,31H,7-8,10-11H2,1-6H3,(H,25,30)/q-1/t12-,16+,18?,21+/m0/s1. The molecule has 1 aromatic heterocycles. The molecule has 2 N–H and O–H groups in total. The van der Waals surface area contributed by atoms with Gasteiger partial charge in [0.15, 0.2) is 0 Å². The SMILES string of the molecule is CC(=O)OC1CCc2c1ncc(N([O-])O)c2N1C[C@H](C)[C@@H](OC(C)=O)[C@H](NC(=O)OC(C)(C)C)C1. The molecule has 2 heterocycles. The molecule has 12 nitrogen and oxygen atoms in total. The lowest BCUT2D eigenvalue weighted by Crippen LogP contribution is -2.60. The van der Waals surface area contributed by atoms with Crippen LogP contribution < -0.4 is 15.4 Å². The Balaban J connectivity index is 1.98. The highest BCUT2D eigenvalue weighted by atomic mass is 16.8. The molecular weight excluding hydrogens is 460 g/mol. The first kappa shape index (κ1) is 26.5. The van der Waals surface area contributed by atoms with Gasteiger partial charge in [-0.25, -0.2) is 4.79 Å². The molecule has 35 heavy (non-hydrogen) atoms. The van der Waals surface area contributed by atoms with Crippen molar-refractivity contribution in [2.24, 2.45) is 5.92 Å². The molecule has 0 bridgehead atoms. The Kier molecular flexibility index (Phi) is 7.75. The van der Waals surface area contributed by atoms with Crippen molar-refractivity contribution in [1.82, 2.24) is 10.3 Å². The van der Waals surface area contributed by atoms with Gasteiger partial charge in [-0.3, -0.25) is 19.8 Å². The number of hydrogen-bond acceptors (Lipinski definition) is 11. The van der Waals surface area contributed by atoms with Crippen molar-refractivity contribution in [2.75, 3.05) is 23.2 Å². The summed E-state index contributed by atoms with van der Waals surface area (Å²) >= 11 is 0. The number of piperidine rings is 1. The van der Waals surface area contributed by atoms with Gasteiger partial charge in [-0.1, -0.05) is 6.92 Å². The maximum atomic E-state index is 12.6. The van der Waals surface area contributed by atoms with Gasteiger partial charge < -0.3 is 34.9 Å². The predicted molar refractivity (Wildman–Crippen MR) is 125 cm³/mol. The van der Waals surface area contributed by atoms with Gasteiger partial charge >= 0.3 is 18.0 Å². The number of esters is 2. The van der Waals surface area contributed by atoms with Crippen molar-refractivity contribution in [2.45, 2.75) is 78.2 Å². The van der Waals surface area contributed by atoms with Crippen molar-refractivity contribution in [1.29, 1.82) is 0 Å². The highest BCUT2D eigenvalue weighted by Crippen LogP contribution is 2.44. The minimum absolute atomic E-state index is 0.0682. The topological polar surface area (TPSA) is 154 Å². The first-order valence-corrected chi connectivity index (χ1v) is 11.5. The molecule has 1 unspecified atom stereocenters. The Hall–Kier alpha value is -3.12. The molecule has 194 valence electrons. The van der Waals surface area contributed by atoms with Gasteiger partial charge in [0.2, 0.25) is 0 Å². The van der Waals surface area contributed by atoms with E-state index in [2.05, 4.69) is 10.3 Å². The zero-order valence-corrected chi connectivity index (χ0v) is 20.9. The summed E-state index contributed by atoms with van der Waals surface area (Å²) in [5.41, 5.74) is 0.837. The van der Waals surface area contributed by atoms with E-state index in [4.69, 9.17) is 14.2 Å². The number of alkyl carbamates (subject to hydrolysis) is 1. The molecule has 3 rings (SSSR count). The van der Waals surface area contributed by atoms with Crippen LogP contribution in [0.3, 0.4) is 0 Å². The van der Waals surface area contributed by atoms with Crippen LogP contribution in [0.2, 0.25) is 0 Å². The number of pyridine rings is 1. The van der Waals surface area contributed by atoms with Crippen LogP contribution in [0.4, 0.5) is 16.2 Å².